The third kappa shape index (κ3) is 2.84. The SMILES string of the molecule is N#CCN(C(=O)c1cc(F)ccc1O)C1CCCC1. The van der Waals surface area contributed by atoms with Gasteiger partial charge in [0.2, 0.25) is 0 Å². The minimum Gasteiger partial charge on any atom is -0.507 e. The smallest absolute Gasteiger partial charge is 0.258 e. The second-order valence-electron chi connectivity index (χ2n) is 4.69. The van der Waals surface area contributed by atoms with Crippen LogP contribution < -0.4 is 0 Å². The molecule has 0 saturated heterocycles. The summed E-state index contributed by atoms with van der Waals surface area (Å²) in [6.45, 7) is -0.0422. The third-order valence-corrected chi connectivity index (χ3v) is 3.46. The van der Waals surface area contributed by atoms with Gasteiger partial charge in [0.1, 0.15) is 18.1 Å². The number of phenols is 1. The zero-order valence-electron chi connectivity index (χ0n) is 10.5. The summed E-state index contributed by atoms with van der Waals surface area (Å²) in [5, 5.41) is 18.5. The van der Waals surface area contributed by atoms with Crippen molar-refractivity contribution in [1.29, 1.82) is 5.26 Å². The molecule has 0 heterocycles. The summed E-state index contributed by atoms with van der Waals surface area (Å²) in [4.78, 5) is 13.8. The van der Waals surface area contributed by atoms with Crippen LogP contribution in [0, 0.1) is 17.1 Å². The number of phenolic OH excluding ortho intramolecular Hbond substituents is 1. The Labute approximate surface area is 111 Å². The van der Waals surface area contributed by atoms with Crippen molar-refractivity contribution < 1.29 is 14.3 Å². The number of nitrogens with zero attached hydrogens (tertiary/aromatic N) is 2. The van der Waals surface area contributed by atoms with Gasteiger partial charge in [-0.05, 0) is 31.0 Å². The monoisotopic (exact) mass is 262 g/mol. The molecule has 1 aromatic carbocycles. The van der Waals surface area contributed by atoms with Crippen LogP contribution in [0.25, 0.3) is 0 Å². The number of carbonyl (C=O) groups excluding carboxylic acids is 1. The maximum absolute atomic E-state index is 13.2. The van der Waals surface area contributed by atoms with E-state index < -0.39 is 11.7 Å². The van der Waals surface area contributed by atoms with E-state index in [1.165, 1.54) is 4.90 Å². The standard InChI is InChI=1S/C14H15FN2O2/c15-10-5-6-13(18)12(9-10)14(19)17(8-7-16)11-3-1-2-4-11/h5-6,9,11,18H,1-4,8H2. The number of rotatable bonds is 3. The van der Waals surface area contributed by atoms with Crippen molar-refractivity contribution in [1.82, 2.24) is 4.90 Å². The Balaban J connectivity index is 2.28. The molecular formula is C14H15FN2O2. The van der Waals surface area contributed by atoms with Crippen molar-refractivity contribution in [3.05, 3.63) is 29.6 Å². The van der Waals surface area contributed by atoms with Crippen LogP contribution in [-0.4, -0.2) is 28.5 Å². The summed E-state index contributed by atoms with van der Waals surface area (Å²) in [5.41, 5.74) is -0.0813. The summed E-state index contributed by atoms with van der Waals surface area (Å²) >= 11 is 0. The fourth-order valence-corrected chi connectivity index (χ4v) is 2.49. The van der Waals surface area contributed by atoms with Gasteiger partial charge in [-0.15, -0.1) is 0 Å². The second kappa shape index (κ2) is 5.70. The molecule has 0 unspecified atom stereocenters. The molecule has 1 N–H and O–H groups in total. The predicted octanol–water partition coefficient (Wildman–Crippen LogP) is 2.44. The maximum Gasteiger partial charge on any atom is 0.258 e. The minimum atomic E-state index is -0.579. The van der Waals surface area contributed by atoms with E-state index in [0.717, 1.165) is 43.9 Å². The number of halogens is 1. The van der Waals surface area contributed by atoms with Crippen LogP contribution in [0.15, 0.2) is 18.2 Å². The van der Waals surface area contributed by atoms with Gasteiger partial charge in [0.05, 0.1) is 11.6 Å². The zero-order valence-corrected chi connectivity index (χ0v) is 10.5. The van der Waals surface area contributed by atoms with Crippen molar-refractivity contribution in [2.45, 2.75) is 31.7 Å². The Morgan fingerprint density at radius 1 is 1.47 bits per heavy atom. The molecule has 2 rings (SSSR count). The lowest BCUT2D eigenvalue weighted by molar-refractivity contribution is 0.0706. The number of hydrogen-bond acceptors (Lipinski definition) is 3. The highest BCUT2D eigenvalue weighted by atomic mass is 19.1. The highest BCUT2D eigenvalue weighted by molar-refractivity contribution is 5.97. The summed E-state index contributed by atoms with van der Waals surface area (Å²) < 4.78 is 13.2. The molecule has 100 valence electrons. The van der Waals surface area contributed by atoms with E-state index in [9.17, 15) is 14.3 Å². The molecule has 0 aliphatic heterocycles. The molecule has 1 saturated carbocycles. The first kappa shape index (κ1) is 13.3. The molecule has 19 heavy (non-hydrogen) atoms. The second-order valence-corrected chi connectivity index (χ2v) is 4.69. The summed E-state index contributed by atoms with van der Waals surface area (Å²) in [6, 6.07) is 5.23. The normalized spacial score (nSPS) is 15.2. The van der Waals surface area contributed by atoms with Gasteiger partial charge in [-0.3, -0.25) is 4.79 Å². The average molecular weight is 262 g/mol. The van der Waals surface area contributed by atoms with E-state index in [2.05, 4.69) is 0 Å². The Hall–Kier alpha value is -2.09. The first-order chi connectivity index (χ1) is 9.13. The highest BCUT2D eigenvalue weighted by Gasteiger charge is 2.28. The van der Waals surface area contributed by atoms with Gasteiger partial charge < -0.3 is 10.0 Å². The van der Waals surface area contributed by atoms with Crippen LogP contribution >= 0.6 is 0 Å². The Bertz CT molecular complexity index is 519. The molecule has 0 aromatic heterocycles. The summed E-state index contributed by atoms with van der Waals surface area (Å²) in [7, 11) is 0. The number of benzene rings is 1. The Morgan fingerprint density at radius 3 is 2.79 bits per heavy atom. The fraction of sp³-hybridized carbons (Fsp3) is 0.429. The number of amides is 1. The van der Waals surface area contributed by atoms with E-state index in [1.807, 2.05) is 6.07 Å². The first-order valence-corrected chi connectivity index (χ1v) is 6.30. The van der Waals surface area contributed by atoms with Crippen molar-refractivity contribution in [3.8, 4) is 11.8 Å². The van der Waals surface area contributed by atoms with Crippen LogP contribution in [0.3, 0.4) is 0 Å². The molecule has 1 aromatic rings. The highest BCUT2D eigenvalue weighted by Crippen LogP contribution is 2.27. The van der Waals surface area contributed by atoms with Gasteiger partial charge in [-0.25, -0.2) is 4.39 Å². The van der Waals surface area contributed by atoms with Gasteiger partial charge in [0, 0.05) is 6.04 Å². The van der Waals surface area contributed by atoms with Crippen molar-refractivity contribution >= 4 is 5.91 Å². The molecular weight excluding hydrogens is 247 g/mol. The van der Waals surface area contributed by atoms with E-state index in [4.69, 9.17) is 5.26 Å². The minimum absolute atomic E-state index is 0.00909. The predicted molar refractivity (Wildman–Crippen MR) is 67.0 cm³/mol. The van der Waals surface area contributed by atoms with E-state index in [-0.39, 0.29) is 23.9 Å². The van der Waals surface area contributed by atoms with Crippen LogP contribution in [0.4, 0.5) is 4.39 Å². The molecule has 0 spiro atoms. The zero-order chi connectivity index (χ0) is 13.8. The first-order valence-electron chi connectivity index (χ1n) is 6.30. The van der Waals surface area contributed by atoms with Crippen molar-refractivity contribution in [2.75, 3.05) is 6.54 Å². The maximum atomic E-state index is 13.2. The third-order valence-electron chi connectivity index (χ3n) is 3.46. The number of aromatic hydroxyl groups is 1. The van der Waals surface area contributed by atoms with Gasteiger partial charge >= 0.3 is 0 Å². The molecule has 1 amide bonds. The fourth-order valence-electron chi connectivity index (χ4n) is 2.49. The number of nitriles is 1. The van der Waals surface area contributed by atoms with Crippen LogP contribution in [0.2, 0.25) is 0 Å². The lowest BCUT2D eigenvalue weighted by atomic mass is 10.1. The molecule has 4 nitrogen and oxygen atoms in total. The Kier molecular flexibility index (Phi) is 4.00. The van der Waals surface area contributed by atoms with E-state index in [0.29, 0.717) is 0 Å². The van der Waals surface area contributed by atoms with Gasteiger partial charge in [-0.2, -0.15) is 5.26 Å². The van der Waals surface area contributed by atoms with Gasteiger partial charge in [0.25, 0.3) is 5.91 Å². The number of hydrogen-bond donors (Lipinski definition) is 1. The van der Waals surface area contributed by atoms with Crippen molar-refractivity contribution in [2.24, 2.45) is 0 Å². The molecule has 1 aliphatic carbocycles. The quantitative estimate of drug-likeness (QED) is 0.851. The average Bonchev–Trinajstić information content (AvgIpc) is 2.92. The molecule has 0 bridgehead atoms. The van der Waals surface area contributed by atoms with E-state index >= 15 is 0 Å². The molecule has 1 fully saturated rings. The Morgan fingerprint density at radius 2 is 2.16 bits per heavy atom. The van der Waals surface area contributed by atoms with Gasteiger partial charge in [-0.1, -0.05) is 12.8 Å². The molecule has 1 aliphatic rings. The molecule has 0 radical (unpaired) electrons. The van der Waals surface area contributed by atoms with Crippen LogP contribution in [-0.2, 0) is 0 Å². The summed E-state index contributed by atoms with van der Waals surface area (Å²) in [5.74, 6) is -1.32. The van der Waals surface area contributed by atoms with Crippen molar-refractivity contribution in [3.63, 3.8) is 0 Å². The van der Waals surface area contributed by atoms with Crippen LogP contribution in [0.5, 0.6) is 5.75 Å². The van der Waals surface area contributed by atoms with Gasteiger partial charge in [0.15, 0.2) is 0 Å². The lowest BCUT2D eigenvalue weighted by Crippen LogP contribution is -2.39. The lowest BCUT2D eigenvalue weighted by Gasteiger charge is -2.26. The largest absolute Gasteiger partial charge is 0.507 e. The number of carbonyl (C=O) groups is 1. The van der Waals surface area contributed by atoms with Crippen LogP contribution in [0.1, 0.15) is 36.0 Å². The summed E-state index contributed by atoms with van der Waals surface area (Å²) in [6.07, 6.45) is 3.75. The topological polar surface area (TPSA) is 64.3 Å². The molecule has 5 heteroatoms. The molecule has 0 atom stereocenters. The van der Waals surface area contributed by atoms with E-state index in [1.54, 1.807) is 0 Å².